The minimum absolute atomic E-state index is 0.000563. The van der Waals surface area contributed by atoms with Crippen molar-refractivity contribution < 1.29 is 14.7 Å². The van der Waals surface area contributed by atoms with Crippen LogP contribution in [0.3, 0.4) is 0 Å². The summed E-state index contributed by atoms with van der Waals surface area (Å²) in [6.45, 7) is 7.27. The first-order chi connectivity index (χ1) is 20.1. The minimum Gasteiger partial charge on any atom is -0.376 e. The summed E-state index contributed by atoms with van der Waals surface area (Å²) in [5.74, 6) is 3.32. The van der Waals surface area contributed by atoms with E-state index in [-0.39, 0.29) is 29.8 Å². The van der Waals surface area contributed by atoms with Gasteiger partial charge < -0.3 is 10.4 Å². The quantitative estimate of drug-likeness (QED) is 0.167. The lowest BCUT2D eigenvalue weighted by Gasteiger charge is -2.32. The van der Waals surface area contributed by atoms with Crippen molar-refractivity contribution in [1.82, 2.24) is 29.6 Å². The van der Waals surface area contributed by atoms with Gasteiger partial charge in [-0.15, -0.1) is 6.42 Å². The summed E-state index contributed by atoms with van der Waals surface area (Å²) in [7, 11) is 0. The molecule has 1 aromatic carbocycles. The van der Waals surface area contributed by atoms with Crippen molar-refractivity contribution in [3.8, 4) is 23.5 Å². The van der Waals surface area contributed by atoms with Crippen LogP contribution in [0.5, 0.6) is 0 Å². The molecule has 0 aliphatic carbocycles. The lowest BCUT2D eigenvalue weighted by Crippen LogP contribution is -2.50. The number of fused-ring (bicyclic) bond motifs is 1. The van der Waals surface area contributed by atoms with Crippen molar-refractivity contribution >= 4 is 44.3 Å². The molecule has 1 aliphatic rings. The van der Waals surface area contributed by atoms with Crippen LogP contribution in [0.1, 0.15) is 49.1 Å². The average Bonchev–Trinajstić information content (AvgIpc) is 3.50. The number of aryl methyl sites for hydroxylation is 2. The highest BCUT2D eigenvalue weighted by atomic mass is 79.9. The maximum atomic E-state index is 13.5. The third-order valence-corrected chi connectivity index (χ3v) is 8.09. The molecule has 0 bridgehead atoms. The number of carbonyl (C=O) groups is 2. The smallest absolute Gasteiger partial charge is 0.243 e. The van der Waals surface area contributed by atoms with Crippen LogP contribution < -0.4 is 5.32 Å². The first kappa shape index (κ1) is 29.5. The highest BCUT2D eigenvalue weighted by Gasteiger charge is 2.45. The zero-order valence-corrected chi connectivity index (χ0v) is 25.5. The van der Waals surface area contributed by atoms with E-state index in [1.54, 1.807) is 22.0 Å². The van der Waals surface area contributed by atoms with E-state index in [2.05, 4.69) is 47.2 Å². The molecular formula is C31H32BrN7O3. The number of benzene rings is 1. The van der Waals surface area contributed by atoms with Gasteiger partial charge in [-0.05, 0) is 77.0 Å². The van der Waals surface area contributed by atoms with E-state index in [1.165, 1.54) is 6.92 Å². The van der Waals surface area contributed by atoms with Gasteiger partial charge in [0.1, 0.15) is 28.2 Å². The van der Waals surface area contributed by atoms with Crippen molar-refractivity contribution in [3.05, 3.63) is 64.4 Å². The fourth-order valence-electron chi connectivity index (χ4n) is 5.55. The van der Waals surface area contributed by atoms with E-state index in [4.69, 9.17) is 6.42 Å². The molecule has 0 saturated carbocycles. The van der Waals surface area contributed by atoms with Crippen LogP contribution in [-0.4, -0.2) is 64.7 Å². The van der Waals surface area contributed by atoms with Gasteiger partial charge in [0.15, 0.2) is 5.78 Å². The predicted octanol–water partition coefficient (Wildman–Crippen LogP) is 4.39. The number of terminal acetylenes is 1. The maximum absolute atomic E-state index is 13.5. The molecule has 4 atom stereocenters. The number of pyridine rings is 1. The summed E-state index contributed by atoms with van der Waals surface area (Å²) in [6, 6.07) is 8.21. The zero-order valence-electron chi connectivity index (χ0n) is 23.9. The number of anilines is 1. The fraction of sp³-hybridized carbons (Fsp3) is 0.355. The highest BCUT2D eigenvalue weighted by molar-refractivity contribution is 9.10. The molecule has 1 unspecified atom stereocenters. The molecule has 1 aliphatic heterocycles. The SMILES string of the molecule is C#C[C@@H]1[C@H](C)C[C@@H](C(=O)Nc2cc(CC)cc(Br)n2)N1C(O)Cn1nc(C(C)=O)c2cc(-c3cnc(C)nc3)ccc21. The van der Waals surface area contributed by atoms with Gasteiger partial charge in [0.25, 0.3) is 0 Å². The first-order valence-corrected chi connectivity index (χ1v) is 14.6. The number of aliphatic hydroxyl groups excluding tert-OH is 1. The van der Waals surface area contributed by atoms with Crippen LogP contribution in [-0.2, 0) is 17.8 Å². The van der Waals surface area contributed by atoms with E-state index in [9.17, 15) is 14.7 Å². The van der Waals surface area contributed by atoms with E-state index >= 15 is 0 Å². The Morgan fingerprint density at radius 2 is 1.95 bits per heavy atom. The number of halogens is 1. The second-order valence-corrected chi connectivity index (χ2v) is 11.4. The summed E-state index contributed by atoms with van der Waals surface area (Å²) in [5.41, 5.74) is 3.64. The van der Waals surface area contributed by atoms with Crippen molar-refractivity contribution in [1.29, 1.82) is 0 Å². The molecule has 5 rings (SSSR count). The van der Waals surface area contributed by atoms with Crippen molar-refractivity contribution in [2.24, 2.45) is 5.92 Å². The van der Waals surface area contributed by atoms with Gasteiger partial charge in [0, 0.05) is 30.3 Å². The third kappa shape index (κ3) is 5.83. The first-order valence-electron chi connectivity index (χ1n) is 13.8. The van der Waals surface area contributed by atoms with Crippen LogP contribution in [0.15, 0.2) is 47.3 Å². The molecule has 1 fully saturated rings. The number of carbonyl (C=O) groups excluding carboxylic acids is 2. The van der Waals surface area contributed by atoms with E-state index in [0.29, 0.717) is 33.6 Å². The largest absolute Gasteiger partial charge is 0.376 e. The predicted molar refractivity (Wildman–Crippen MR) is 163 cm³/mol. The highest BCUT2D eigenvalue weighted by Crippen LogP contribution is 2.33. The van der Waals surface area contributed by atoms with Crippen LogP contribution in [0.4, 0.5) is 5.82 Å². The molecular weight excluding hydrogens is 598 g/mol. The summed E-state index contributed by atoms with van der Waals surface area (Å²) in [6.07, 6.45) is 9.47. The Kier molecular flexibility index (Phi) is 8.50. The number of nitrogens with zero attached hydrogens (tertiary/aromatic N) is 6. The third-order valence-electron chi connectivity index (χ3n) is 7.68. The summed E-state index contributed by atoms with van der Waals surface area (Å²) >= 11 is 3.40. The van der Waals surface area contributed by atoms with Gasteiger partial charge in [-0.2, -0.15) is 5.10 Å². The van der Waals surface area contributed by atoms with Gasteiger partial charge in [-0.25, -0.2) is 15.0 Å². The molecule has 0 spiro atoms. The number of nitrogens with one attached hydrogen (secondary N) is 1. The normalized spacial score (nSPS) is 19.5. The van der Waals surface area contributed by atoms with E-state index in [1.807, 2.05) is 51.1 Å². The molecule has 4 heterocycles. The topological polar surface area (TPSA) is 126 Å². The number of rotatable bonds is 8. The number of likely N-dealkylation sites (tertiary alicyclic amines) is 1. The number of Topliss-reactive ketones (excluding diaryl/α,β-unsaturated/α-hetero) is 1. The molecule has 42 heavy (non-hydrogen) atoms. The van der Waals surface area contributed by atoms with Crippen molar-refractivity contribution in [3.63, 3.8) is 0 Å². The van der Waals surface area contributed by atoms with E-state index < -0.39 is 18.3 Å². The number of amides is 1. The molecule has 216 valence electrons. The van der Waals surface area contributed by atoms with E-state index in [0.717, 1.165) is 23.1 Å². The Balaban J connectivity index is 1.45. The molecule has 3 aromatic heterocycles. The molecule has 1 saturated heterocycles. The standard InChI is InChI=1S/C31H32BrN7O3/c1-6-20-11-27(32)35-28(12-20)36-31(42)26-10-17(3)24(7-2)39(26)29(41)16-38-25-9-8-21(22-14-33-19(5)34-15-22)13-23(25)30(37-38)18(4)40/h2,8-9,11-15,17,24,26,29,41H,6,10,16H2,1,3-5H3,(H,35,36,42)/t17-,24-,26+,29?/m1/s1. The zero-order chi connectivity index (χ0) is 30.1. The second-order valence-electron chi connectivity index (χ2n) is 10.6. The van der Waals surface area contributed by atoms with Gasteiger partial charge >= 0.3 is 0 Å². The van der Waals surface area contributed by atoms with Gasteiger partial charge in [-0.1, -0.05) is 25.8 Å². The fourth-order valence-corrected chi connectivity index (χ4v) is 6.04. The molecule has 10 nitrogen and oxygen atoms in total. The number of hydrogen-bond acceptors (Lipinski definition) is 8. The maximum Gasteiger partial charge on any atom is 0.243 e. The minimum atomic E-state index is -1.15. The summed E-state index contributed by atoms with van der Waals surface area (Å²) < 4.78 is 2.22. The number of aliphatic hydroxyl groups is 1. The Hall–Kier alpha value is -3.98. The van der Waals surface area contributed by atoms with Gasteiger partial charge in [0.2, 0.25) is 5.91 Å². The van der Waals surface area contributed by atoms with Crippen LogP contribution in [0, 0.1) is 25.2 Å². The second kappa shape index (κ2) is 12.1. The molecule has 2 N–H and O–H groups in total. The number of hydrogen-bond donors (Lipinski definition) is 2. The molecule has 11 heteroatoms. The molecule has 4 aromatic rings. The Morgan fingerprint density at radius 1 is 1.21 bits per heavy atom. The molecule has 0 radical (unpaired) electrons. The van der Waals surface area contributed by atoms with Crippen LogP contribution in [0.2, 0.25) is 0 Å². The van der Waals surface area contributed by atoms with Crippen LogP contribution >= 0.6 is 15.9 Å². The molecule has 1 amide bonds. The lowest BCUT2D eigenvalue weighted by atomic mass is 10.0. The Labute approximate surface area is 252 Å². The average molecular weight is 631 g/mol. The Bertz CT molecular complexity index is 1700. The monoisotopic (exact) mass is 629 g/mol. The Morgan fingerprint density at radius 3 is 2.62 bits per heavy atom. The number of aromatic nitrogens is 5. The van der Waals surface area contributed by atoms with Crippen molar-refractivity contribution in [2.45, 2.75) is 65.4 Å². The summed E-state index contributed by atoms with van der Waals surface area (Å²) in [4.78, 5) is 40.7. The van der Waals surface area contributed by atoms with Crippen LogP contribution in [0.25, 0.3) is 22.0 Å². The van der Waals surface area contributed by atoms with Gasteiger partial charge in [-0.3, -0.25) is 19.2 Å². The van der Waals surface area contributed by atoms with Gasteiger partial charge in [0.05, 0.1) is 24.1 Å². The number of ketones is 1. The lowest BCUT2D eigenvalue weighted by molar-refractivity contribution is -0.125. The summed E-state index contributed by atoms with van der Waals surface area (Å²) in [5, 5.41) is 19.7. The van der Waals surface area contributed by atoms with Crippen molar-refractivity contribution in [2.75, 3.05) is 5.32 Å².